The fourth-order valence-electron chi connectivity index (χ4n) is 8.98. The van der Waals surface area contributed by atoms with Gasteiger partial charge in [-0.1, -0.05) is 140 Å². The molecule has 0 atom stereocenters. The monoisotopic (exact) mass is 743 g/mol. The van der Waals surface area contributed by atoms with E-state index in [1.54, 1.807) is 0 Å². The lowest BCUT2D eigenvalue weighted by molar-refractivity contribution is 0.668. The molecule has 8 aromatic carbocycles. The summed E-state index contributed by atoms with van der Waals surface area (Å²) in [5, 5.41) is 6.57. The number of fused-ring (bicyclic) bond motifs is 10. The minimum atomic E-state index is 0.610. The van der Waals surface area contributed by atoms with Gasteiger partial charge in [-0.15, -0.1) is 0 Å². The highest BCUT2D eigenvalue weighted by molar-refractivity contribution is 6.24. The summed E-state index contributed by atoms with van der Waals surface area (Å²) in [6.45, 7) is 2.15. The first-order valence-corrected chi connectivity index (χ1v) is 19.6. The quantitative estimate of drug-likeness (QED) is 0.176. The molecule has 5 nitrogen and oxygen atoms in total. The van der Waals surface area contributed by atoms with E-state index in [9.17, 15) is 0 Å². The Morgan fingerprint density at radius 2 is 1.02 bits per heavy atom. The van der Waals surface area contributed by atoms with Crippen LogP contribution in [0.5, 0.6) is 0 Å². The molecule has 0 unspecified atom stereocenters. The van der Waals surface area contributed by atoms with E-state index < -0.39 is 0 Å². The maximum absolute atomic E-state index is 6.62. The average Bonchev–Trinajstić information content (AvgIpc) is 3.96. The van der Waals surface area contributed by atoms with Crippen molar-refractivity contribution in [3.05, 3.63) is 188 Å². The first-order valence-electron chi connectivity index (χ1n) is 19.6. The van der Waals surface area contributed by atoms with E-state index in [0.29, 0.717) is 5.82 Å². The number of aromatic nitrogens is 3. The van der Waals surface area contributed by atoms with Crippen LogP contribution in [-0.2, 0) is 0 Å². The summed E-state index contributed by atoms with van der Waals surface area (Å²) in [5.74, 6) is 1.42. The van der Waals surface area contributed by atoms with Gasteiger partial charge in [-0.05, 0) is 71.6 Å². The molecular weight excluding hydrogens is 711 g/mol. The third kappa shape index (κ3) is 4.83. The van der Waals surface area contributed by atoms with Crippen molar-refractivity contribution >= 4 is 65.7 Å². The molecule has 0 aliphatic carbocycles. The van der Waals surface area contributed by atoms with Gasteiger partial charge in [-0.25, -0.2) is 9.97 Å². The van der Waals surface area contributed by atoms with Crippen LogP contribution in [0.25, 0.3) is 116 Å². The zero-order chi connectivity index (χ0) is 38.3. The van der Waals surface area contributed by atoms with E-state index in [0.717, 1.165) is 116 Å². The Hall–Kier alpha value is -7.76. The fraction of sp³-hybridized carbons (Fsp3) is 0.0189. The smallest absolute Gasteiger partial charge is 0.162 e. The van der Waals surface area contributed by atoms with E-state index >= 15 is 0 Å². The van der Waals surface area contributed by atoms with Crippen molar-refractivity contribution in [2.45, 2.75) is 6.92 Å². The Labute approximate surface area is 333 Å². The predicted molar refractivity (Wildman–Crippen MR) is 237 cm³/mol. The largest absolute Gasteiger partial charge is 0.456 e. The van der Waals surface area contributed by atoms with E-state index in [1.165, 1.54) is 0 Å². The topological polar surface area (TPSA) is 57.0 Å². The molecule has 4 aromatic heterocycles. The molecule has 272 valence electrons. The van der Waals surface area contributed by atoms with Crippen LogP contribution in [-0.4, -0.2) is 14.5 Å². The second-order valence-corrected chi connectivity index (χ2v) is 14.9. The molecule has 5 heteroatoms. The van der Waals surface area contributed by atoms with Crippen LogP contribution in [0.4, 0.5) is 0 Å². The highest BCUT2D eigenvalue weighted by Crippen LogP contribution is 2.44. The Morgan fingerprint density at radius 3 is 1.84 bits per heavy atom. The predicted octanol–water partition coefficient (Wildman–Crippen LogP) is 14.3. The number of furan rings is 2. The summed E-state index contributed by atoms with van der Waals surface area (Å²) in [7, 11) is 0. The second-order valence-electron chi connectivity index (χ2n) is 14.9. The highest BCUT2D eigenvalue weighted by Gasteiger charge is 2.24. The molecule has 0 radical (unpaired) electrons. The number of benzene rings is 8. The molecule has 0 aliphatic rings. The SMILES string of the molecule is Cc1c(-c2ccccc2-c2ccccc2)nc(-c2ccc3c(c2)oc2cccc(-c4ccccc4)c23)nc1-n1c2ccccc2c2ccc3oc4ccccc4c3c21. The molecule has 0 spiro atoms. The van der Waals surface area contributed by atoms with Gasteiger partial charge >= 0.3 is 0 Å². The summed E-state index contributed by atoms with van der Waals surface area (Å²) in [6.07, 6.45) is 0. The van der Waals surface area contributed by atoms with Crippen LogP contribution < -0.4 is 0 Å². The minimum absolute atomic E-state index is 0.610. The van der Waals surface area contributed by atoms with Gasteiger partial charge in [0.2, 0.25) is 0 Å². The van der Waals surface area contributed by atoms with Gasteiger partial charge in [-0.3, -0.25) is 4.57 Å². The summed E-state index contributed by atoms with van der Waals surface area (Å²) in [4.78, 5) is 11.0. The summed E-state index contributed by atoms with van der Waals surface area (Å²) < 4.78 is 15.4. The number of nitrogens with zero attached hydrogens (tertiary/aromatic N) is 3. The maximum Gasteiger partial charge on any atom is 0.162 e. The van der Waals surface area contributed by atoms with Crippen LogP contribution in [0.2, 0.25) is 0 Å². The molecular formula is C53H33N3O2. The van der Waals surface area contributed by atoms with Crippen molar-refractivity contribution in [3.8, 4) is 50.7 Å². The third-order valence-electron chi connectivity index (χ3n) is 11.6. The van der Waals surface area contributed by atoms with Gasteiger partial charge in [-0.2, -0.15) is 0 Å². The number of para-hydroxylation sites is 2. The van der Waals surface area contributed by atoms with Crippen molar-refractivity contribution in [3.63, 3.8) is 0 Å². The first kappa shape index (κ1) is 32.5. The number of hydrogen-bond donors (Lipinski definition) is 0. The lowest BCUT2D eigenvalue weighted by Crippen LogP contribution is -2.07. The Morgan fingerprint density at radius 1 is 0.414 bits per heavy atom. The zero-order valence-electron chi connectivity index (χ0n) is 31.5. The van der Waals surface area contributed by atoms with Crippen LogP contribution in [0, 0.1) is 6.92 Å². The molecule has 0 fully saturated rings. The van der Waals surface area contributed by atoms with E-state index in [2.05, 4.69) is 169 Å². The van der Waals surface area contributed by atoms with Gasteiger partial charge in [0.25, 0.3) is 0 Å². The van der Waals surface area contributed by atoms with Crippen molar-refractivity contribution in [1.29, 1.82) is 0 Å². The van der Waals surface area contributed by atoms with E-state index in [-0.39, 0.29) is 0 Å². The lowest BCUT2D eigenvalue weighted by Gasteiger charge is -2.18. The molecule has 0 aliphatic heterocycles. The van der Waals surface area contributed by atoms with Crippen LogP contribution >= 0.6 is 0 Å². The van der Waals surface area contributed by atoms with Crippen molar-refractivity contribution < 1.29 is 8.83 Å². The van der Waals surface area contributed by atoms with Gasteiger partial charge in [0, 0.05) is 43.6 Å². The van der Waals surface area contributed by atoms with Crippen molar-refractivity contribution in [2.75, 3.05) is 0 Å². The van der Waals surface area contributed by atoms with Gasteiger partial charge < -0.3 is 8.83 Å². The standard InChI is InChI=1S/C53H33N3O2/c1-32-50(39-21-9-8-19-36(39)33-15-4-2-5-16-33)54-52(35-27-28-42-47(31-35)58-45-26-14-23-37(48(42)45)34-17-6-3-7-18-34)55-53(32)56-43-24-12-10-20-38(43)40-29-30-46-49(51(40)56)41-22-11-13-25-44(41)57-46/h2-31H,1H3. The van der Waals surface area contributed by atoms with E-state index in [1.807, 2.05) is 24.3 Å². The molecule has 58 heavy (non-hydrogen) atoms. The zero-order valence-corrected chi connectivity index (χ0v) is 31.5. The van der Waals surface area contributed by atoms with Gasteiger partial charge in [0.1, 0.15) is 28.1 Å². The summed E-state index contributed by atoms with van der Waals surface area (Å²) in [6, 6.07) is 63.4. The third-order valence-corrected chi connectivity index (χ3v) is 11.6. The molecule has 12 rings (SSSR count). The highest BCUT2D eigenvalue weighted by atomic mass is 16.3. The molecule has 0 saturated carbocycles. The fourth-order valence-corrected chi connectivity index (χ4v) is 8.98. The number of rotatable bonds is 5. The molecule has 0 amide bonds. The van der Waals surface area contributed by atoms with Gasteiger partial charge in [0.05, 0.1) is 22.1 Å². The maximum atomic E-state index is 6.62. The molecule has 12 aromatic rings. The Balaban J connectivity index is 1.17. The van der Waals surface area contributed by atoms with Crippen LogP contribution in [0.1, 0.15) is 5.56 Å². The average molecular weight is 744 g/mol. The van der Waals surface area contributed by atoms with Crippen molar-refractivity contribution in [2.24, 2.45) is 0 Å². The molecule has 0 saturated heterocycles. The molecule has 0 N–H and O–H groups in total. The molecule has 4 heterocycles. The van der Waals surface area contributed by atoms with E-state index in [4.69, 9.17) is 18.8 Å². The minimum Gasteiger partial charge on any atom is -0.456 e. The molecule has 0 bridgehead atoms. The van der Waals surface area contributed by atoms with Crippen LogP contribution in [0.3, 0.4) is 0 Å². The Bertz CT molecular complexity index is 3580. The van der Waals surface area contributed by atoms with Gasteiger partial charge in [0.15, 0.2) is 5.82 Å². The van der Waals surface area contributed by atoms with Crippen LogP contribution in [0.15, 0.2) is 191 Å². The second kappa shape index (κ2) is 12.6. The number of hydrogen-bond acceptors (Lipinski definition) is 4. The summed E-state index contributed by atoms with van der Waals surface area (Å²) in [5.41, 5.74) is 13.7. The normalized spacial score (nSPS) is 11.9. The lowest BCUT2D eigenvalue weighted by atomic mass is 9.95. The van der Waals surface area contributed by atoms with Crippen molar-refractivity contribution in [1.82, 2.24) is 14.5 Å². The Kier molecular flexibility index (Phi) is 7.07. The first-order chi connectivity index (χ1) is 28.7. The summed E-state index contributed by atoms with van der Waals surface area (Å²) >= 11 is 0.